The third-order valence-corrected chi connectivity index (χ3v) is 7.81. The molecule has 2 heterocycles. The van der Waals surface area contributed by atoms with Crippen molar-refractivity contribution in [3.63, 3.8) is 0 Å². The van der Waals surface area contributed by atoms with E-state index in [1.807, 2.05) is 24.3 Å². The quantitative estimate of drug-likeness (QED) is 0.387. The molecule has 2 aromatic rings. The highest BCUT2D eigenvalue weighted by molar-refractivity contribution is 8.00. The molecule has 0 unspecified atom stereocenters. The van der Waals surface area contributed by atoms with E-state index in [1.54, 1.807) is 34.6 Å². The van der Waals surface area contributed by atoms with Crippen LogP contribution in [0.4, 0.5) is 10.5 Å². The first-order valence-corrected chi connectivity index (χ1v) is 11.3. The van der Waals surface area contributed by atoms with Crippen LogP contribution in [0.25, 0.3) is 10.4 Å². The van der Waals surface area contributed by atoms with Crippen LogP contribution in [0.3, 0.4) is 0 Å². The number of nitrogens with one attached hydrogen (secondary N) is 2. The maximum absolute atomic E-state index is 11.9. The second kappa shape index (κ2) is 10.1. The number of carbonyl (C=O) groups excluding carboxylic acids is 2. The number of amides is 2. The van der Waals surface area contributed by atoms with Crippen molar-refractivity contribution < 1.29 is 19.5 Å². The molecule has 0 aliphatic carbocycles. The maximum atomic E-state index is 11.9. The van der Waals surface area contributed by atoms with E-state index in [2.05, 4.69) is 11.4 Å². The average Bonchev–Trinajstić information content (AvgIpc) is 3.24. The number of hydroxylamine groups is 1. The summed E-state index contributed by atoms with van der Waals surface area (Å²) < 4.78 is 4.64. The lowest BCUT2D eigenvalue weighted by molar-refractivity contribution is -0.129. The van der Waals surface area contributed by atoms with Crippen LogP contribution in [0.2, 0.25) is 0 Å². The molecule has 1 aromatic heterocycles. The molecular weight excluding hydrogens is 410 g/mol. The number of benzene rings is 1. The van der Waals surface area contributed by atoms with E-state index in [1.165, 1.54) is 0 Å². The first-order valence-electron chi connectivity index (χ1n) is 9.48. The molecule has 1 aromatic carbocycles. The summed E-state index contributed by atoms with van der Waals surface area (Å²) in [6.45, 7) is 0.445. The van der Waals surface area contributed by atoms with Gasteiger partial charge in [0.15, 0.2) is 0 Å². The molecule has 1 aliphatic rings. The van der Waals surface area contributed by atoms with Crippen molar-refractivity contribution in [3.8, 4) is 10.4 Å². The number of anilines is 1. The van der Waals surface area contributed by atoms with E-state index in [4.69, 9.17) is 15.7 Å². The molecule has 7 nitrogen and oxygen atoms in total. The third-order valence-electron chi connectivity index (χ3n) is 4.72. The Morgan fingerprint density at radius 3 is 2.83 bits per heavy atom. The van der Waals surface area contributed by atoms with E-state index in [9.17, 15) is 9.59 Å². The normalized spacial score (nSPS) is 18.8. The van der Waals surface area contributed by atoms with Gasteiger partial charge in [-0.15, -0.1) is 23.1 Å². The van der Waals surface area contributed by atoms with Crippen molar-refractivity contribution >= 4 is 40.8 Å². The second-order valence-corrected chi connectivity index (χ2v) is 9.37. The summed E-state index contributed by atoms with van der Waals surface area (Å²) in [5.41, 5.74) is 8.73. The van der Waals surface area contributed by atoms with E-state index >= 15 is 0 Å². The van der Waals surface area contributed by atoms with Crippen molar-refractivity contribution in [2.24, 2.45) is 5.73 Å². The second-order valence-electron chi connectivity index (χ2n) is 6.81. The van der Waals surface area contributed by atoms with Crippen LogP contribution < -0.4 is 16.5 Å². The summed E-state index contributed by atoms with van der Waals surface area (Å²) in [6.07, 6.45) is 2.82. The van der Waals surface area contributed by atoms with Crippen molar-refractivity contribution in [2.45, 2.75) is 30.4 Å². The molecule has 29 heavy (non-hydrogen) atoms. The van der Waals surface area contributed by atoms with Gasteiger partial charge in [0, 0.05) is 28.4 Å². The Bertz CT molecular complexity index is 850. The summed E-state index contributed by atoms with van der Waals surface area (Å²) >= 11 is 3.43. The molecule has 1 fully saturated rings. The van der Waals surface area contributed by atoms with Gasteiger partial charge in [-0.1, -0.05) is 18.6 Å². The van der Waals surface area contributed by atoms with Gasteiger partial charge in [-0.25, -0.2) is 10.3 Å². The summed E-state index contributed by atoms with van der Waals surface area (Å²) in [6, 6.07) is 11.6. The van der Waals surface area contributed by atoms with Crippen LogP contribution in [-0.4, -0.2) is 36.1 Å². The van der Waals surface area contributed by atoms with Crippen LogP contribution in [0.15, 0.2) is 36.4 Å². The first kappa shape index (κ1) is 21.6. The van der Waals surface area contributed by atoms with Gasteiger partial charge in [-0.2, -0.15) is 0 Å². The fourth-order valence-corrected chi connectivity index (χ4v) is 6.25. The molecule has 3 rings (SSSR count). The fraction of sp³-hybridized carbons (Fsp3) is 0.400. The molecule has 0 bridgehead atoms. The van der Waals surface area contributed by atoms with E-state index in [0.717, 1.165) is 40.3 Å². The Labute approximate surface area is 178 Å². The zero-order valence-corrected chi connectivity index (χ0v) is 17.6. The van der Waals surface area contributed by atoms with Gasteiger partial charge in [0.05, 0.1) is 4.75 Å². The molecule has 0 radical (unpaired) electrons. The van der Waals surface area contributed by atoms with Gasteiger partial charge in [0.25, 0.3) is 0 Å². The molecule has 156 valence electrons. The molecular formula is C20H25N3O4S2. The minimum atomic E-state index is -0.535. The highest BCUT2D eigenvalue weighted by Crippen LogP contribution is 2.50. The largest absolute Gasteiger partial charge is 0.448 e. The van der Waals surface area contributed by atoms with Crippen LogP contribution in [-0.2, 0) is 14.3 Å². The van der Waals surface area contributed by atoms with Gasteiger partial charge in [0.1, 0.15) is 6.61 Å². The molecule has 9 heteroatoms. The number of nitrogens with two attached hydrogens (primary N) is 1. The van der Waals surface area contributed by atoms with Crippen LogP contribution in [0, 0.1) is 0 Å². The molecule has 1 atom stereocenters. The number of ether oxygens (including phenoxy) is 1. The standard InChI is InChI=1S/C20H25N3O4S2/c21-9-10-27-19(25)22-15-5-3-4-14(12-15)16-6-7-17(29-16)20(13-18(24)23-26)8-1-2-11-28-20/h3-7,12,26H,1-2,8-11,13,21H2,(H,22,25)(H,23,24)/t20-/m0/s1. The molecule has 1 aliphatic heterocycles. The third kappa shape index (κ3) is 5.51. The minimum absolute atomic E-state index is 0.168. The first-order chi connectivity index (χ1) is 14.1. The number of hydrogen-bond donors (Lipinski definition) is 4. The van der Waals surface area contributed by atoms with Crippen molar-refractivity contribution in [3.05, 3.63) is 41.3 Å². The SMILES string of the molecule is NCCOC(=O)Nc1cccc(-c2ccc([C@@]3(CC(=O)NO)CCCCS3)s2)c1. The Morgan fingerprint density at radius 2 is 2.10 bits per heavy atom. The molecule has 0 spiro atoms. The number of thioether (sulfide) groups is 1. The van der Waals surface area contributed by atoms with Crippen molar-refractivity contribution in [1.29, 1.82) is 0 Å². The number of hydrogen-bond acceptors (Lipinski definition) is 7. The predicted molar refractivity (Wildman–Crippen MR) is 116 cm³/mol. The lowest BCUT2D eigenvalue weighted by atomic mass is 9.94. The van der Waals surface area contributed by atoms with Gasteiger partial charge in [-0.05, 0) is 48.4 Å². The monoisotopic (exact) mass is 435 g/mol. The highest BCUT2D eigenvalue weighted by Gasteiger charge is 2.38. The van der Waals surface area contributed by atoms with Crippen molar-refractivity contribution in [1.82, 2.24) is 5.48 Å². The van der Waals surface area contributed by atoms with Crippen LogP contribution in [0.1, 0.15) is 30.6 Å². The van der Waals surface area contributed by atoms with E-state index in [0.29, 0.717) is 5.69 Å². The molecule has 5 N–H and O–H groups in total. The Balaban J connectivity index is 1.80. The Kier molecular flexibility index (Phi) is 7.54. The number of carbonyl (C=O) groups is 2. The fourth-order valence-electron chi connectivity index (χ4n) is 3.37. The summed E-state index contributed by atoms with van der Waals surface area (Å²) in [4.78, 5) is 25.9. The van der Waals surface area contributed by atoms with Gasteiger partial charge in [-0.3, -0.25) is 15.3 Å². The maximum Gasteiger partial charge on any atom is 0.411 e. The zero-order valence-electron chi connectivity index (χ0n) is 16.0. The van der Waals surface area contributed by atoms with Crippen LogP contribution >= 0.6 is 23.1 Å². The van der Waals surface area contributed by atoms with Gasteiger partial charge < -0.3 is 10.5 Å². The smallest absolute Gasteiger partial charge is 0.411 e. The number of thiophene rings is 1. The summed E-state index contributed by atoms with van der Waals surface area (Å²) in [5, 5.41) is 11.7. The van der Waals surface area contributed by atoms with Crippen LogP contribution in [0.5, 0.6) is 0 Å². The Morgan fingerprint density at radius 1 is 1.24 bits per heavy atom. The van der Waals surface area contributed by atoms with Gasteiger partial charge >= 0.3 is 6.09 Å². The minimum Gasteiger partial charge on any atom is -0.448 e. The Hall–Kier alpha value is -2.07. The molecule has 1 saturated heterocycles. The lowest BCUT2D eigenvalue weighted by Gasteiger charge is -2.35. The predicted octanol–water partition coefficient (Wildman–Crippen LogP) is 3.93. The number of rotatable bonds is 7. The topological polar surface area (TPSA) is 114 Å². The van der Waals surface area contributed by atoms with Gasteiger partial charge in [0.2, 0.25) is 5.91 Å². The van der Waals surface area contributed by atoms with Crippen molar-refractivity contribution in [2.75, 3.05) is 24.2 Å². The zero-order chi connectivity index (χ0) is 20.7. The lowest BCUT2D eigenvalue weighted by Crippen LogP contribution is -2.32. The van der Waals surface area contributed by atoms with E-state index < -0.39 is 6.09 Å². The highest BCUT2D eigenvalue weighted by atomic mass is 32.2. The summed E-state index contributed by atoms with van der Waals surface area (Å²) in [5.74, 6) is 0.632. The summed E-state index contributed by atoms with van der Waals surface area (Å²) in [7, 11) is 0. The average molecular weight is 436 g/mol. The molecule has 0 saturated carbocycles. The molecule has 2 amide bonds. The van der Waals surface area contributed by atoms with E-state index in [-0.39, 0.29) is 30.2 Å².